The SMILES string of the molecule is Nc1cccc(Oc2cc(Oc3cccc(N)c3)c(C34CC5CC(CC(C5)C3)C4)cc2C23CC4CC(CC(C4)C2)C3)c1. The topological polar surface area (TPSA) is 70.5 Å². The highest BCUT2D eigenvalue weighted by Crippen LogP contribution is 2.66. The van der Waals surface area contributed by atoms with E-state index >= 15 is 0 Å². The van der Waals surface area contributed by atoms with Gasteiger partial charge in [0.1, 0.15) is 23.0 Å². The molecule has 0 saturated heterocycles. The molecule has 8 saturated carbocycles. The van der Waals surface area contributed by atoms with E-state index in [-0.39, 0.29) is 10.8 Å². The Kier molecular flexibility index (Phi) is 5.54. The smallest absolute Gasteiger partial charge is 0.134 e. The van der Waals surface area contributed by atoms with Crippen molar-refractivity contribution < 1.29 is 9.47 Å². The highest BCUT2D eigenvalue weighted by molar-refractivity contribution is 5.57. The second-order valence-corrected chi connectivity index (χ2v) is 15.6. The quantitative estimate of drug-likeness (QED) is 0.295. The molecule has 0 spiro atoms. The third-order valence-electron chi connectivity index (χ3n) is 12.5. The molecule has 0 radical (unpaired) electrons. The molecule has 0 unspecified atom stereocenters. The van der Waals surface area contributed by atoms with Crippen LogP contribution in [0.25, 0.3) is 0 Å². The first-order valence-corrected chi connectivity index (χ1v) is 16.7. The van der Waals surface area contributed by atoms with Gasteiger partial charge in [-0.2, -0.15) is 0 Å². The van der Waals surface area contributed by atoms with E-state index in [1.165, 1.54) is 88.2 Å². The van der Waals surface area contributed by atoms with E-state index in [0.29, 0.717) is 0 Å². The summed E-state index contributed by atoms with van der Waals surface area (Å²) in [4.78, 5) is 0. The molecule has 218 valence electrons. The minimum atomic E-state index is 0.206. The number of nitrogen functional groups attached to an aromatic ring is 2. The first-order chi connectivity index (χ1) is 20.4. The first-order valence-electron chi connectivity index (χ1n) is 16.7. The standard InChI is InChI=1S/C38H44N2O2/c39-29-3-1-5-31(13-29)41-35-16-36(42-32-6-2-4-30(40)14-32)34(38-20-26-10-27(21-38)12-28(11-26)22-38)15-33(35)37-17-23-7-24(18-37)9-25(8-23)19-37/h1-6,13-16,23-28H,7-12,17-22,39-40H2. The predicted octanol–water partition coefficient (Wildman–Crippen LogP) is 9.37. The van der Waals surface area contributed by atoms with Crippen molar-refractivity contribution in [3.8, 4) is 23.0 Å². The zero-order valence-electron chi connectivity index (χ0n) is 24.7. The van der Waals surface area contributed by atoms with Gasteiger partial charge in [0.2, 0.25) is 0 Å². The van der Waals surface area contributed by atoms with Gasteiger partial charge in [0.15, 0.2) is 0 Å². The lowest BCUT2D eigenvalue weighted by molar-refractivity contribution is -0.00937. The Hall–Kier alpha value is -3.14. The molecule has 0 aliphatic heterocycles. The summed E-state index contributed by atoms with van der Waals surface area (Å²) in [6.45, 7) is 0. The van der Waals surface area contributed by atoms with Gasteiger partial charge in [-0.25, -0.2) is 0 Å². The van der Waals surface area contributed by atoms with E-state index in [1.807, 2.05) is 48.5 Å². The summed E-state index contributed by atoms with van der Waals surface area (Å²) in [5.74, 6) is 8.72. The van der Waals surface area contributed by atoms with E-state index in [9.17, 15) is 0 Å². The molecular weight excluding hydrogens is 516 g/mol. The predicted molar refractivity (Wildman–Crippen MR) is 168 cm³/mol. The lowest BCUT2D eigenvalue weighted by atomic mass is 9.46. The summed E-state index contributed by atoms with van der Waals surface area (Å²) in [5.41, 5.74) is 17.2. The molecule has 4 heteroatoms. The summed E-state index contributed by atoms with van der Waals surface area (Å²) >= 11 is 0. The Labute approximate surface area is 250 Å². The molecule has 42 heavy (non-hydrogen) atoms. The maximum Gasteiger partial charge on any atom is 0.134 e. The van der Waals surface area contributed by atoms with Crippen LogP contribution in [0.4, 0.5) is 11.4 Å². The van der Waals surface area contributed by atoms with Gasteiger partial charge in [-0.3, -0.25) is 0 Å². The van der Waals surface area contributed by atoms with Gasteiger partial charge in [0.05, 0.1) is 0 Å². The number of hydrogen-bond acceptors (Lipinski definition) is 4. The summed E-state index contributed by atoms with van der Waals surface area (Å²) in [6.07, 6.45) is 16.4. The number of benzene rings is 3. The minimum Gasteiger partial charge on any atom is -0.457 e. The fourth-order valence-corrected chi connectivity index (χ4v) is 11.8. The van der Waals surface area contributed by atoms with Crippen LogP contribution < -0.4 is 20.9 Å². The average molecular weight is 561 g/mol. The molecule has 8 bridgehead atoms. The third kappa shape index (κ3) is 4.15. The molecule has 8 aliphatic carbocycles. The summed E-state index contributed by atoms with van der Waals surface area (Å²) in [6, 6.07) is 20.7. The maximum absolute atomic E-state index is 6.87. The fourth-order valence-electron chi connectivity index (χ4n) is 11.8. The van der Waals surface area contributed by atoms with Crippen LogP contribution in [0.2, 0.25) is 0 Å². The second-order valence-electron chi connectivity index (χ2n) is 15.6. The van der Waals surface area contributed by atoms with Gasteiger partial charge in [-0.05, 0) is 154 Å². The van der Waals surface area contributed by atoms with Crippen molar-refractivity contribution in [1.82, 2.24) is 0 Å². The van der Waals surface area contributed by atoms with Crippen molar-refractivity contribution >= 4 is 11.4 Å². The molecule has 0 aromatic heterocycles. The zero-order valence-corrected chi connectivity index (χ0v) is 24.7. The van der Waals surface area contributed by atoms with Crippen LogP contribution in [0.5, 0.6) is 23.0 Å². The Balaban J connectivity index is 1.23. The van der Waals surface area contributed by atoms with Gasteiger partial charge in [-0.1, -0.05) is 12.1 Å². The van der Waals surface area contributed by atoms with Crippen LogP contribution in [0.15, 0.2) is 60.7 Å². The summed E-state index contributed by atoms with van der Waals surface area (Å²) < 4.78 is 13.7. The van der Waals surface area contributed by atoms with E-state index in [4.69, 9.17) is 20.9 Å². The van der Waals surface area contributed by atoms with E-state index in [0.717, 1.165) is 69.9 Å². The Morgan fingerprint density at radius 2 is 0.833 bits per heavy atom. The number of rotatable bonds is 6. The van der Waals surface area contributed by atoms with Crippen LogP contribution in [0.1, 0.15) is 88.2 Å². The van der Waals surface area contributed by atoms with Crippen LogP contribution in [0.3, 0.4) is 0 Å². The van der Waals surface area contributed by atoms with Crippen LogP contribution in [0, 0.1) is 35.5 Å². The molecule has 0 atom stereocenters. The second kappa shape index (κ2) is 9.18. The minimum absolute atomic E-state index is 0.206. The molecule has 0 heterocycles. The van der Waals surface area contributed by atoms with E-state index in [1.54, 1.807) is 0 Å². The zero-order chi connectivity index (χ0) is 28.1. The summed E-state index contributed by atoms with van der Waals surface area (Å²) in [5, 5.41) is 0. The van der Waals surface area contributed by atoms with Crippen molar-refractivity contribution in [3.05, 3.63) is 71.8 Å². The molecule has 0 amide bonds. The number of anilines is 2. The van der Waals surface area contributed by atoms with Crippen molar-refractivity contribution in [2.24, 2.45) is 35.5 Å². The van der Waals surface area contributed by atoms with Gasteiger partial charge < -0.3 is 20.9 Å². The monoisotopic (exact) mass is 560 g/mol. The largest absolute Gasteiger partial charge is 0.457 e. The first kappa shape index (κ1) is 25.4. The van der Waals surface area contributed by atoms with Gasteiger partial charge >= 0.3 is 0 Å². The lowest BCUT2D eigenvalue weighted by Crippen LogP contribution is -2.50. The molecule has 4 nitrogen and oxygen atoms in total. The van der Waals surface area contributed by atoms with E-state index in [2.05, 4.69) is 12.1 Å². The molecule has 4 N–H and O–H groups in total. The fraction of sp³-hybridized carbons (Fsp3) is 0.526. The number of hydrogen-bond donors (Lipinski definition) is 2. The Bertz CT molecular complexity index is 1360. The average Bonchev–Trinajstić information content (AvgIpc) is 2.91. The van der Waals surface area contributed by atoms with Crippen LogP contribution in [-0.4, -0.2) is 0 Å². The van der Waals surface area contributed by atoms with Crippen molar-refractivity contribution in [2.45, 2.75) is 87.9 Å². The Morgan fingerprint density at radius 1 is 0.476 bits per heavy atom. The van der Waals surface area contributed by atoms with Crippen molar-refractivity contribution in [2.75, 3.05) is 11.5 Å². The van der Waals surface area contributed by atoms with E-state index < -0.39 is 0 Å². The Morgan fingerprint density at radius 3 is 1.17 bits per heavy atom. The summed E-state index contributed by atoms with van der Waals surface area (Å²) in [7, 11) is 0. The molecule has 8 fully saturated rings. The normalized spacial score (nSPS) is 37.2. The van der Waals surface area contributed by atoms with Crippen molar-refractivity contribution in [3.63, 3.8) is 0 Å². The highest BCUT2D eigenvalue weighted by atomic mass is 16.5. The molecular formula is C38H44N2O2. The van der Waals surface area contributed by atoms with Crippen LogP contribution in [-0.2, 0) is 10.8 Å². The van der Waals surface area contributed by atoms with Crippen molar-refractivity contribution in [1.29, 1.82) is 0 Å². The van der Waals surface area contributed by atoms with Crippen LogP contribution >= 0.6 is 0 Å². The molecule has 8 aliphatic rings. The molecule has 11 rings (SSSR count). The third-order valence-corrected chi connectivity index (χ3v) is 12.5. The number of nitrogens with two attached hydrogens (primary N) is 2. The maximum atomic E-state index is 6.87. The van der Waals surface area contributed by atoms with Gasteiger partial charge in [0.25, 0.3) is 0 Å². The molecule has 3 aromatic carbocycles. The highest BCUT2D eigenvalue weighted by Gasteiger charge is 2.55. The molecule has 3 aromatic rings. The van der Waals surface area contributed by atoms with Gasteiger partial charge in [-0.15, -0.1) is 0 Å². The van der Waals surface area contributed by atoms with Gasteiger partial charge in [0, 0.05) is 40.7 Å². The number of ether oxygens (including phenoxy) is 2. The lowest BCUT2D eigenvalue weighted by Gasteiger charge is -2.58.